The Morgan fingerprint density at radius 2 is 1.68 bits per heavy atom. The summed E-state index contributed by atoms with van der Waals surface area (Å²) in [5.74, 6) is -1.23. The molecule has 0 saturated heterocycles. The zero-order valence-corrected chi connectivity index (χ0v) is 9.99. The molecule has 0 fully saturated rings. The van der Waals surface area contributed by atoms with Gasteiger partial charge in [0.15, 0.2) is 0 Å². The Kier molecular flexibility index (Phi) is 3.75. The lowest BCUT2D eigenvalue weighted by molar-refractivity contribution is 0.0952. The van der Waals surface area contributed by atoms with E-state index in [1.165, 1.54) is 24.3 Å². The molecule has 0 aliphatic rings. The Morgan fingerprint density at radius 1 is 1.05 bits per heavy atom. The van der Waals surface area contributed by atoms with Crippen LogP contribution in [0.25, 0.3) is 0 Å². The quantitative estimate of drug-likeness (QED) is 0.835. The number of halogens is 2. The van der Waals surface area contributed by atoms with Gasteiger partial charge in [0, 0.05) is 12.2 Å². The lowest BCUT2D eigenvalue weighted by Crippen LogP contribution is -2.23. The average molecular weight is 262 g/mol. The van der Waals surface area contributed by atoms with Gasteiger partial charge < -0.3 is 11.1 Å². The van der Waals surface area contributed by atoms with Gasteiger partial charge >= 0.3 is 0 Å². The fourth-order valence-electron chi connectivity index (χ4n) is 1.62. The summed E-state index contributed by atoms with van der Waals surface area (Å²) in [5, 5.41) is 2.63. The first-order valence-electron chi connectivity index (χ1n) is 5.64. The molecule has 0 atom stereocenters. The lowest BCUT2D eigenvalue weighted by Gasteiger charge is -2.07. The van der Waals surface area contributed by atoms with Gasteiger partial charge in [0.1, 0.15) is 11.6 Å². The summed E-state index contributed by atoms with van der Waals surface area (Å²) in [6.07, 6.45) is 0. The van der Waals surface area contributed by atoms with Crippen LogP contribution in [0.5, 0.6) is 0 Å². The molecule has 0 spiro atoms. The lowest BCUT2D eigenvalue weighted by atomic mass is 10.1. The molecule has 2 aromatic carbocycles. The monoisotopic (exact) mass is 262 g/mol. The molecule has 2 rings (SSSR count). The van der Waals surface area contributed by atoms with Gasteiger partial charge in [-0.25, -0.2) is 8.78 Å². The molecule has 0 bridgehead atoms. The van der Waals surface area contributed by atoms with E-state index in [0.717, 1.165) is 11.6 Å². The van der Waals surface area contributed by atoms with Crippen molar-refractivity contribution in [2.75, 3.05) is 5.73 Å². The van der Waals surface area contributed by atoms with Gasteiger partial charge in [-0.2, -0.15) is 0 Å². The minimum atomic E-state index is -0.493. The van der Waals surface area contributed by atoms with Crippen molar-refractivity contribution in [2.24, 2.45) is 0 Å². The van der Waals surface area contributed by atoms with E-state index in [1.54, 1.807) is 12.1 Å². The summed E-state index contributed by atoms with van der Waals surface area (Å²) in [6, 6.07) is 9.36. The molecule has 2 aromatic rings. The van der Waals surface area contributed by atoms with Gasteiger partial charge in [-0.1, -0.05) is 12.1 Å². The first-order chi connectivity index (χ1) is 9.06. The van der Waals surface area contributed by atoms with Crippen LogP contribution in [0.15, 0.2) is 42.5 Å². The Hall–Kier alpha value is -2.43. The van der Waals surface area contributed by atoms with Gasteiger partial charge in [-0.15, -0.1) is 0 Å². The van der Waals surface area contributed by atoms with Crippen LogP contribution in [-0.4, -0.2) is 5.91 Å². The summed E-state index contributed by atoms with van der Waals surface area (Å²) in [4.78, 5) is 11.8. The number of nitrogen functional groups attached to an aromatic ring is 1. The average Bonchev–Trinajstić information content (AvgIpc) is 2.37. The van der Waals surface area contributed by atoms with E-state index in [4.69, 9.17) is 5.73 Å². The van der Waals surface area contributed by atoms with Crippen molar-refractivity contribution < 1.29 is 13.6 Å². The number of hydrogen-bond donors (Lipinski definition) is 2. The predicted molar refractivity (Wildman–Crippen MR) is 68.4 cm³/mol. The highest BCUT2D eigenvalue weighted by atomic mass is 19.1. The zero-order chi connectivity index (χ0) is 13.8. The summed E-state index contributed by atoms with van der Waals surface area (Å²) in [6.45, 7) is 0.246. The number of benzene rings is 2. The highest BCUT2D eigenvalue weighted by Gasteiger charge is 2.09. The maximum Gasteiger partial charge on any atom is 0.253 e. The van der Waals surface area contributed by atoms with Crippen LogP contribution >= 0.6 is 0 Å². The molecule has 0 saturated carbocycles. The second kappa shape index (κ2) is 5.48. The van der Waals surface area contributed by atoms with Crippen molar-refractivity contribution in [3.05, 3.63) is 65.2 Å². The van der Waals surface area contributed by atoms with Crippen LogP contribution in [0.4, 0.5) is 14.5 Å². The molecule has 0 aromatic heterocycles. The van der Waals surface area contributed by atoms with Crippen LogP contribution in [0.3, 0.4) is 0 Å². The standard InChI is InChI=1S/C14H12F2N2O/c15-10-3-1-9(2-4-10)8-18-14(19)12-6-5-11(16)7-13(12)17/h1-7H,8,17H2,(H,18,19). The van der Waals surface area contributed by atoms with Crippen molar-refractivity contribution >= 4 is 11.6 Å². The van der Waals surface area contributed by atoms with Crippen molar-refractivity contribution in [2.45, 2.75) is 6.54 Å². The van der Waals surface area contributed by atoms with Gasteiger partial charge in [0.2, 0.25) is 0 Å². The van der Waals surface area contributed by atoms with Gasteiger partial charge in [0.25, 0.3) is 5.91 Å². The number of nitrogens with one attached hydrogen (secondary N) is 1. The highest BCUT2D eigenvalue weighted by molar-refractivity contribution is 5.99. The largest absolute Gasteiger partial charge is 0.398 e. The van der Waals surface area contributed by atoms with E-state index in [9.17, 15) is 13.6 Å². The van der Waals surface area contributed by atoms with Gasteiger partial charge in [-0.3, -0.25) is 4.79 Å². The van der Waals surface area contributed by atoms with E-state index >= 15 is 0 Å². The number of amides is 1. The third-order valence-corrected chi connectivity index (χ3v) is 2.62. The van der Waals surface area contributed by atoms with E-state index in [0.29, 0.717) is 0 Å². The molecule has 0 heterocycles. The minimum absolute atomic E-state index is 0.0802. The maximum absolute atomic E-state index is 12.9. The van der Waals surface area contributed by atoms with Crippen LogP contribution < -0.4 is 11.1 Å². The second-order valence-corrected chi connectivity index (χ2v) is 4.04. The maximum atomic E-state index is 12.9. The zero-order valence-electron chi connectivity index (χ0n) is 9.99. The molecule has 0 aliphatic heterocycles. The molecular formula is C14H12F2N2O. The van der Waals surface area contributed by atoms with Crippen molar-refractivity contribution in [1.82, 2.24) is 5.32 Å². The van der Waals surface area contributed by atoms with E-state index in [1.807, 2.05) is 0 Å². The third kappa shape index (κ3) is 3.28. The highest BCUT2D eigenvalue weighted by Crippen LogP contribution is 2.13. The third-order valence-electron chi connectivity index (χ3n) is 2.62. The van der Waals surface area contributed by atoms with Crippen molar-refractivity contribution in [3.8, 4) is 0 Å². The smallest absolute Gasteiger partial charge is 0.253 e. The number of hydrogen-bond acceptors (Lipinski definition) is 2. The summed E-state index contributed by atoms with van der Waals surface area (Å²) in [5.41, 5.74) is 6.61. The van der Waals surface area contributed by atoms with Crippen LogP contribution in [-0.2, 0) is 6.54 Å². The molecule has 98 valence electrons. The normalized spacial score (nSPS) is 10.2. The summed E-state index contributed by atoms with van der Waals surface area (Å²) < 4.78 is 25.6. The molecule has 5 heteroatoms. The van der Waals surface area contributed by atoms with Crippen LogP contribution in [0, 0.1) is 11.6 Å². The summed E-state index contributed by atoms with van der Waals surface area (Å²) in [7, 11) is 0. The molecule has 3 nitrogen and oxygen atoms in total. The number of anilines is 1. The molecule has 0 radical (unpaired) electrons. The molecule has 0 unspecified atom stereocenters. The molecule has 1 amide bonds. The SMILES string of the molecule is Nc1cc(F)ccc1C(=O)NCc1ccc(F)cc1. The Balaban J connectivity index is 2.03. The molecule has 3 N–H and O–H groups in total. The minimum Gasteiger partial charge on any atom is -0.398 e. The predicted octanol–water partition coefficient (Wildman–Crippen LogP) is 2.48. The molecule has 0 aliphatic carbocycles. The van der Waals surface area contributed by atoms with Gasteiger partial charge in [-0.05, 0) is 35.9 Å². The first-order valence-corrected chi connectivity index (χ1v) is 5.64. The van der Waals surface area contributed by atoms with Crippen LogP contribution in [0.2, 0.25) is 0 Å². The topological polar surface area (TPSA) is 55.1 Å². The van der Waals surface area contributed by atoms with Crippen molar-refractivity contribution in [1.29, 1.82) is 0 Å². The molecule has 19 heavy (non-hydrogen) atoms. The Bertz CT molecular complexity index is 597. The Morgan fingerprint density at radius 3 is 2.32 bits per heavy atom. The number of nitrogens with two attached hydrogens (primary N) is 1. The number of carbonyl (C=O) groups is 1. The Labute approximate surface area is 109 Å². The number of carbonyl (C=O) groups excluding carboxylic acids is 1. The second-order valence-electron chi connectivity index (χ2n) is 4.04. The van der Waals surface area contributed by atoms with E-state index < -0.39 is 11.7 Å². The first kappa shape index (κ1) is 13.0. The fourth-order valence-corrected chi connectivity index (χ4v) is 1.62. The van der Waals surface area contributed by atoms with E-state index in [-0.39, 0.29) is 23.6 Å². The number of rotatable bonds is 3. The molecular weight excluding hydrogens is 250 g/mol. The van der Waals surface area contributed by atoms with Crippen LogP contribution in [0.1, 0.15) is 15.9 Å². The van der Waals surface area contributed by atoms with Crippen molar-refractivity contribution in [3.63, 3.8) is 0 Å². The van der Waals surface area contributed by atoms with Gasteiger partial charge in [0.05, 0.1) is 5.56 Å². The fraction of sp³-hybridized carbons (Fsp3) is 0.0714. The summed E-state index contributed by atoms with van der Waals surface area (Å²) >= 11 is 0. The van der Waals surface area contributed by atoms with E-state index in [2.05, 4.69) is 5.32 Å².